The van der Waals surface area contributed by atoms with Crippen LogP contribution in [0.15, 0.2) is 30.6 Å². The Labute approximate surface area is 111 Å². The molecule has 2 aromatic rings. The molecule has 1 heterocycles. The first kappa shape index (κ1) is 11.8. The Bertz CT molecular complexity index is 634. The highest BCUT2D eigenvalue weighted by Crippen LogP contribution is 2.33. The third-order valence-electron chi connectivity index (χ3n) is 3.65. The van der Waals surface area contributed by atoms with Gasteiger partial charge in [-0.05, 0) is 24.8 Å². The number of hydrogen-bond donors (Lipinski definition) is 1. The third-order valence-corrected chi connectivity index (χ3v) is 3.65. The highest BCUT2D eigenvalue weighted by Gasteiger charge is 2.29. The molecule has 0 fully saturated rings. The van der Waals surface area contributed by atoms with Crippen LogP contribution in [0.5, 0.6) is 0 Å². The van der Waals surface area contributed by atoms with Crippen LogP contribution in [-0.4, -0.2) is 15.8 Å². The summed E-state index contributed by atoms with van der Waals surface area (Å²) in [5, 5.41) is 0. The molecule has 0 radical (unpaired) electrons. The number of carbonyl (C=O) groups is 1. The van der Waals surface area contributed by atoms with E-state index in [1.54, 1.807) is 0 Å². The van der Waals surface area contributed by atoms with Crippen LogP contribution >= 0.6 is 0 Å². The summed E-state index contributed by atoms with van der Waals surface area (Å²) in [5.74, 6) is 0.539. The quantitative estimate of drug-likeness (QED) is 0.846. The normalized spacial score (nSPS) is 18.2. The van der Waals surface area contributed by atoms with Crippen molar-refractivity contribution in [3.05, 3.63) is 53.0 Å². The summed E-state index contributed by atoms with van der Waals surface area (Å²) in [6.07, 6.45) is 2.66. The summed E-state index contributed by atoms with van der Waals surface area (Å²) in [7, 11) is 0. The Morgan fingerprint density at radius 1 is 1.16 bits per heavy atom. The monoisotopic (exact) mass is 253 g/mol. The van der Waals surface area contributed by atoms with Gasteiger partial charge in [-0.1, -0.05) is 29.8 Å². The fraction of sp³-hybridized carbons (Fsp3) is 0.267. The van der Waals surface area contributed by atoms with E-state index in [1.807, 2.05) is 0 Å². The molecule has 1 aliphatic rings. The van der Waals surface area contributed by atoms with Crippen molar-refractivity contribution in [3.8, 4) is 0 Å². The maximum atomic E-state index is 12.2. The van der Waals surface area contributed by atoms with Crippen LogP contribution in [0, 0.1) is 6.92 Å². The third kappa shape index (κ3) is 2.10. The lowest BCUT2D eigenvalue weighted by Crippen LogP contribution is -2.22. The number of carbonyl (C=O) groups excluding carboxylic acids is 1. The lowest BCUT2D eigenvalue weighted by Gasteiger charge is -2.23. The largest absolute Gasteiger partial charge is 0.383 e. The number of ketones is 1. The number of hydrogen-bond acceptors (Lipinski definition) is 4. The van der Waals surface area contributed by atoms with Gasteiger partial charge in [-0.3, -0.25) is 4.79 Å². The molecule has 0 unspecified atom stereocenters. The van der Waals surface area contributed by atoms with Gasteiger partial charge in [0.15, 0.2) is 5.78 Å². The Hall–Kier alpha value is -2.23. The smallest absolute Gasteiger partial charge is 0.169 e. The molecule has 0 saturated carbocycles. The summed E-state index contributed by atoms with van der Waals surface area (Å²) in [5.41, 5.74) is 9.46. The standard InChI is InChI=1S/C15H15N3O/c1-9-2-4-10(5-3-9)11-6-12-14(13(19)7-11)15(16)18-8-17-12/h2-5,8,11H,6-7H2,1H3,(H2,16,17,18)/t11-/m0/s1. The van der Waals surface area contributed by atoms with Crippen molar-refractivity contribution in [2.24, 2.45) is 0 Å². The minimum atomic E-state index is 0.0462. The molecule has 4 heteroatoms. The molecule has 4 nitrogen and oxygen atoms in total. The van der Waals surface area contributed by atoms with Crippen molar-refractivity contribution in [2.75, 3.05) is 5.73 Å². The van der Waals surface area contributed by atoms with Gasteiger partial charge in [-0.25, -0.2) is 9.97 Å². The van der Waals surface area contributed by atoms with Crippen LogP contribution in [0.3, 0.4) is 0 Å². The first-order valence-corrected chi connectivity index (χ1v) is 6.34. The van der Waals surface area contributed by atoms with Gasteiger partial charge in [-0.15, -0.1) is 0 Å². The van der Waals surface area contributed by atoms with Gasteiger partial charge < -0.3 is 5.73 Å². The summed E-state index contributed by atoms with van der Waals surface area (Å²) in [4.78, 5) is 20.3. The minimum absolute atomic E-state index is 0.0462. The van der Waals surface area contributed by atoms with Crippen molar-refractivity contribution < 1.29 is 4.79 Å². The summed E-state index contributed by atoms with van der Waals surface area (Å²) < 4.78 is 0. The average Bonchev–Trinajstić information content (AvgIpc) is 2.39. The van der Waals surface area contributed by atoms with E-state index in [-0.39, 0.29) is 11.7 Å². The molecule has 96 valence electrons. The van der Waals surface area contributed by atoms with Crippen LogP contribution in [0.25, 0.3) is 0 Å². The van der Waals surface area contributed by atoms with E-state index in [2.05, 4.69) is 41.2 Å². The van der Waals surface area contributed by atoms with Gasteiger partial charge >= 0.3 is 0 Å². The number of fused-ring (bicyclic) bond motifs is 1. The second-order valence-electron chi connectivity index (χ2n) is 5.02. The molecule has 0 saturated heterocycles. The number of benzene rings is 1. The zero-order chi connectivity index (χ0) is 13.4. The van der Waals surface area contributed by atoms with E-state index in [9.17, 15) is 4.79 Å². The number of rotatable bonds is 1. The van der Waals surface area contributed by atoms with Crippen LogP contribution in [-0.2, 0) is 6.42 Å². The number of nitrogens with zero attached hydrogens (tertiary/aromatic N) is 2. The van der Waals surface area contributed by atoms with Gasteiger partial charge in [0.2, 0.25) is 0 Å². The van der Waals surface area contributed by atoms with Gasteiger partial charge in [0.1, 0.15) is 12.1 Å². The summed E-state index contributed by atoms with van der Waals surface area (Å²) >= 11 is 0. The van der Waals surface area contributed by atoms with Crippen molar-refractivity contribution in [2.45, 2.75) is 25.7 Å². The molecule has 3 rings (SSSR count). The zero-order valence-electron chi connectivity index (χ0n) is 10.8. The van der Waals surface area contributed by atoms with Crippen molar-refractivity contribution in [1.82, 2.24) is 9.97 Å². The first-order valence-electron chi connectivity index (χ1n) is 6.34. The van der Waals surface area contributed by atoms with E-state index in [1.165, 1.54) is 17.5 Å². The fourth-order valence-corrected chi connectivity index (χ4v) is 2.60. The summed E-state index contributed by atoms with van der Waals surface area (Å²) in [6, 6.07) is 8.32. The molecule has 0 spiro atoms. The highest BCUT2D eigenvalue weighted by molar-refractivity contribution is 6.02. The number of aromatic nitrogens is 2. The fourth-order valence-electron chi connectivity index (χ4n) is 2.60. The molecule has 2 N–H and O–H groups in total. The minimum Gasteiger partial charge on any atom is -0.383 e. The van der Waals surface area contributed by atoms with Crippen LogP contribution in [0.4, 0.5) is 5.82 Å². The highest BCUT2D eigenvalue weighted by atomic mass is 16.1. The summed E-state index contributed by atoms with van der Waals surface area (Å²) in [6.45, 7) is 2.05. The Morgan fingerprint density at radius 2 is 1.89 bits per heavy atom. The predicted molar refractivity (Wildman–Crippen MR) is 73.0 cm³/mol. The van der Waals surface area contributed by atoms with Crippen molar-refractivity contribution in [3.63, 3.8) is 0 Å². The molecule has 19 heavy (non-hydrogen) atoms. The first-order chi connectivity index (χ1) is 9.15. The van der Waals surface area contributed by atoms with Crippen LogP contribution in [0.2, 0.25) is 0 Å². The number of nitrogen functional groups attached to an aromatic ring is 1. The number of Topliss-reactive ketones (excluding diaryl/α,β-unsaturated/α-hetero) is 1. The molecule has 1 atom stereocenters. The zero-order valence-corrected chi connectivity index (χ0v) is 10.8. The molecule has 1 aromatic heterocycles. The van der Waals surface area contributed by atoms with Gasteiger partial charge in [-0.2, -0.15) is 0 Å². The maximum absolute atomic E-state index is 12.2. The predicted octanol–water partition coefficient (Wildman–Crippen LogP) is 2.28. The van der Waals surface area contributed by atoms with E-state index in [0.717, 1.165) is 12.1 Å². The average molecular weight is 253 g/mol. The second kappa shape index (κ2) is 4.46. The van der Waals surface area contributed by atoms with E-state index >= 15 is 0 Å². The van der Waals surface area contributed by atoms with Gasteiger partial charge in [0, 0.05) is 6.42 Å². The SMILES string of the molecule is Cc1ccc([C@@H]2CC(=O)c3c(N)ncnc3C2)cc1. The lowest BCUT2D eigenvalue weighted by atomic mass is 9.81. The van der Waals surface area contributed by atoms with Crippen LogP contribution < -0.4 is 5.73 Å². The maximum Gasteiger partial charge on any atom is 0.169 e. The lowest BCUT2D eigenvalue weighted by molar-refractivity contribution is 0.0963. The second-order valence-corrected chi connectivity index (χ2v) is 5.02. The van der Waals surface area contributed by atoms with Crippen molar-refractivity contribution in [1.29, 1.82) is 0 Å². The molecular weight excluding hydrogens is 238 g/mol. The molecule has 1 aliphatic carbocycles. The Balaban J connectivity index is 1.97. The Morgan fingerprint density at radius 3 is 2.63 bits per heavy atom. The Kier molecular flexibility index (Phi) is 2.78. The van der Waals surface area contributed by atoms with E-state index < -0.39 is 0 Å². The van der Waals surface area contributed by atoms with Crippen LogP contribution in [0.1, 0.15) is 39.5 Å². The number of anilines is 1. The number of nitrogens with two attached hydrogens (primary N) is 1. The molecular formula is C15H15N3O. The van der Waals surface area contributed by atoms with Gasteiger partial charge in [0.05, 0.1) is 11.3 Å². The molecule has 1 aromatic carbocycles. The molecule has 0 aliphatic heterocycles. The van der Waals surface area contributed by atoms with E-state index in [4.69, 9.17) is 5.73 Å². The van der Waals surface area contributed by atoms with Gasteiger partial charge in [0.25, 0.3) is 0 Å². The van der Waals surface area contributed by atoms with Crippen molar-refractivity contribution >= 4 is 11.6 Å². The molecule has 0 amide bonds. The van der Waals surface area contributed by atoms with E-state index in [0.29, 0.717) is 17.8 Å². The molecule has 0 bridgehead atoms. The topological polar surface area (TPSA) is 68.9 Å². The number of aryl methyl sites for hydroxylation is 1.